The Labute approximate surface area is 102 Å². The number of halogens is 4. The molecule has 0 unspecified atom stereocenters. The van der Waals surface area contributed by atoms with Crippen LogP contribution in [0.5, 0.6) is 11.5 Å². The highest BCUT2D eigenvalue weighted by Gasteiger charge is 2.33. The van der Waals surface area contributed by atoms with Gasteiger partial charge in [0.05, 0.1) is 5.02 Å². The third-order valence-corrected chi connectivity index (χ3v) is 2.62. The van der Waals surface area contributed by atoms with Gasteiger partial charge in [-0.2, -0.15) is 0 Å². The van der Waals surface area contributed by atoms with E-state index >= 15 is 0 Å². The van der Waals surface area contributed by atoms with Crippen molar-refractivity contribution in [2.24, 2.45) is 0 Å². The zero-order chi connectivity index (χ0) is 13.4. The summed E-state index contributed by atoms with van der Waals surface area (Å²) in [6, 6.07) is 1.13. The van der Waals surface area contributed by atoms with Gasteiger partial charge in [0.1, 0.15) is 11.5 Å². The standard InChI is InChI=1S/C11H12ClF3O2/c1-5(2)8-7(17-11(13,14)15)4-6(3)10(16)9(8)12/h4-5,16H,1-3H3. The average molecular weight is 269 g/mol. The van der Waals surface area contributed by atoms with Gasteiger partial charge in [-0.05, 0) is 24.5 Å². The maximum Gasteiger partial charge on any atom is 0.573 e. The van der Waals surface area contributed by atoms with Gasteiger partial charge in [-0.25, -0.2) is 0 Å². The minimum absolute atomic E-state index is 0.0979. The van der Waals surface area contributed by atoms with Crippen LogP contribution in [0.2, 0.25) is 5.02 Å². The van der Waals surface area contributed by atoms with Crippen LogP contribution in [0.4, 0.5) is 13.2 Å². The predicted molar refractivity (Wildman–Crippen MR) is 58.6 cm³/mol. The van der Waals surface area contributed by atoms with E-state index < -0.39 is 6.36 Å². The second kappa shape index (κ2) is 4.64. The second-order valence-corrected chi connectivity index (χ2v) is 4.35. The Morgan fingerprint density at radius 1 is 1.35 bits per heavy atom. The number of hydrogen-bond acceptors (Lipinski definition) is 2. The Balaban J connectivity index is 3.38. The molecule has 0 saturated heterocycles. The Kier molecular flexibility index (Phi) is 3.81. The first-order valence-electron chi connectivity index (χ1n) is 4.91. The molecule has 0 spiro atoms. The maximum atomic E-state index is 12.2. The van der Waals surface area contributed by atoms with Crippen molar-refractivity contribution in [3.63, 3.8) is 0 Å². The molecule has 6 heteroatoms. The smallest absolute Gasteiger partial charge is 0.506 e. The summed E-state index contributed by atoms with van der Waals surface area (Å²) in [6.07, 6.45) is -4.78. The van der Waals surface area contributed by atoms with Crippen LogP contribution in [0, 0.1) is 6.92 Å². The van der Waals surface area contributed by atoms with E-state index in [1.165, 1.54) is 6.92 Å². The molecule has 0 atom stereocenters. The van der Waals surface area contributed by atoms with Crippen molar-refractivity contribution in [1.82, 2.24) is 0 Å². The third kappa shape index (κ3) is 3.19. The van der Waals surface area contributed by atoms with E-state index in [4.69, 9.17) is 11.6 Å². The van der Waals surface area contributed by atoms with Gasteiger partial charge in [0.25, 0.3) is 0 Å². The molecule has 0 heterocycles. The predicted octanol–water partition coefficient (Wildman–Crippen LogP) is 4.38. The van der Waals surface area contributed by atoms with Gasteiger partial charge in [0, 0.05) is 5.56 Å². The van der Waals surface area contributed by atoms with Crippen LogP contribution in [0.15, 0.2) is 6.07 Å². The molecule has 1 aromatic carbocycles. The van der Waals surface area contributed by atoms with Crippen LogP contribution >= 0.6 is 11.6 Å². The molecule has 0 saturated carbocycles. The van der Waals surface area contributed by atoms with Crippen LogP contribution in [0.1, 0.15) is 30.9 Å². The number of rotatable bonds is 2. The lowest BCUT2D eigenvalue weighted by molar-refractivity contribution is -0.274. The number of alkyl halides is 3. The van der Waals surface area contributed by atoms with Crippen molar-refractivity contribution in [3.8, 4) is 11.5 Å². The highest BCUT2D eigenvalue weighted by atomic mass is 35.5. The first-order chi connectivity index (χ1) is 7.63. The van der Waals surface area contributed by atoms with Crippen LogP contribution < -0.4 is 4.74 Å². The van der Waals surface area contributed by atoms with Crippen molar-refractivity contribution < 1.29 is 23.0 Å². The molecule has 1 rings (SSSR count). The molecule has 17 heavy (non-hydrogen) atoms. The average Bonchev–Trinajstić information content (AvgIpc) is 2.11. The Morgan fingerprint density at radius 3 is 2.29 bits per heavy atom. The van der Waals surface area contributed by atoms with Gasteiger partial charge in [0.2, 0.25) is 0 Å². The molecule has 1 N–H and O–H groups in total. The van der Waals surface area contributed by atoms with E-state index in [0.717, 1.165) is 6.07 Å². The van der Waals surface area contributed by atoms with Crippen LogP contribution in [0.25, 0.3) is 0 Å². The summed E-state index contributed by atoms with van der Waals surface area (Å²) in [6.45, 7) is 4.78. The van der Waals surface area contributed by atoms with Gasteiger partial charge >= 0.3 is 6.36 Å². The number of phenolic OH excluding ortho intramolecular Hbond substituents is 1. The van der Waals surface area contributed by atoms with Crippen molar-refractivity contribution in [2.45, 2.75) is 33.1 Å². The molecule has 0 aliphatic carbocycles. The van der Waals surface area contributed by atoms with E-state index in [1.807, 2.05) is 0 Å². The first kappa shape index (κ1) is 14.0. The van der Waals surface area contributed by atoms with Gasteiger partial charge in [0.15, 0.2) is 0 Å². The quantitative estimate of drug-likeness (QED) is 0.863. The van der Waals surface area contributed by atoms with E-state index in [9.17, 15) is 18.3 Å². The third-order valence-electron chi connectivity index (χ3n) is 2.23. The topological polar surface area (TPSA) is 29.5 Å². The number of phenols is 1. The lowest BCUT2D eigenvalue weighted by atomic mass is 9.99. The zero-order valence-electron chi connectivity index (χ0n) is 9.52. The lowest BCUT2D eigenvalue weighted by Gasteiger charge is -2.18. The summed E-state index contributed by atoms with van der Waals surface area (Å²) in [5.74, 6) is -0.885. The normalized spacial score (nSPS) is 12.0. The van der Waals surface area contributed by atoms with Crippen molar-refractivity contribution in [3.05, 3.63) is 22.2 Å². The fourth-order valence-electron chi connectivity index (χ4n) is 1.50. The number of hydrogen-bond donors (Lipinski definition) is 1. The second-order valence-electron chi connectivity index (χ2n) is 3.97. The molecule has 96 valence electrons. The van der Waals surface area contributed by atoms with Gasteiger partial charge in [-0.1, -0.05) is 25.4 Å². The molecule has 0 fully saturated rings. The fraction of sp³-hybridized carbons (Fsp3) is 0.455. The molecule has 1 aromatic rings. The minimum Gasteiger partial charge on any atom is -0.506 e. The van der Waals surface area contributed by atoms with Crippen LogP contribution in [-0.4, -0.2) is 11.5 Å². The number of aryl methyl sites for hydroxylation is 1. The Hall–Kier alpha value is -1.10. The van der Waals surface area contributed by atoms with E-state index in [2.05, 4.69) is 4.74 Å². The van der Waals surface area contributed by atoms with Crippen molar-refractivity contribution >= 4 is 11.6 Å². The summed E-state index contributed by atoms with van der Waals surface area (Å²) in [5.41, 5.74) is 0.380. The minimum atomic E-state index is -4.78. The first-order valence-corrected chi connectivity index (χ1v) is 5.29. The molecule has 0 aromatic heterocycles. The van der Waals surface area contributed by atoms with Crippen LogP contribution in [-0.2, 0) is 0 Å². The number of benzene rings is 1. The SMILES string of the molecule is Cc1cc(OC(F)(F)F)c(C(C)C)c(Cl)c1O. The molecular weight excluding hydrogens is 257 g/mol. The molecule has 0 aliphatic heterocycles. The van der Waals surface area contributed by atoms with E-state index in [1.54, 1.807) is 13.8 Å². The number of ether oxygens (including phenoxy) is 1. The maximum absolute atomic E-state index is 12.2. The fourth-order valence-corrected chi connectivity index (χ4v) is 1.96. The number of aromatic hydroxyl groups is 1. The molecule has 0 radical (unpaired) electrons. The van der Waals surface area contributed by atoms with Gasteiger partial charge in [-0.15, -0.1) is 13.2 Å². The van der Waals surface area contributed by atoms with E-state index in [-0.39, 0.29) is 33.6 Å². The zero-order valence-corrected chi connectivity index (χ0v) is 10.3. The highest BCUT2D eigenvalue weighted by Crippen LogP contribution is 2.42. The highest BCUT2D eigenvalue weighted by molar-refractivity contribution is 6.33. The van der Waals surface area contributed by atoms with Gasteiger partial charge < -0.3 is 9.84 Å². The van der Waals surface area contributed by atoms with Crippen molar-refractivity contribution in [2.75, 3.05) is 0 Å². The van der Waals surface area contributed by atoms with E-state index in [0.29, 0.717) is 0 Å². The summed E-state index contributed by atoms with van der Waals surface area (Å²) in [7, 11) is 0. The monoisotopic (exact) mass is 268 g/mol. The molecule has 0 bridgehead atoms. The molecular formula is C11H12ClF3O2. The Morgan fingerprint density at radius 2 is 1.88 bits per heavy atom. The summed E-state index contributed by atoms with van der Waals surface area (Å²) >= 11 is 5.83. The lowest BCUT2D eigenvalue weighted by Crippen LogP contribution is -2.18. The molecule has 0 amide bonds. The summed E-state index contributed by atoms with van der Waals surface area (Å²) in [5, 5.41) is 9.49. The summed E-state index contributed by atoms with van der Waals surface area (Å²) < 4.78 is 40.6. The van der Waals surface area contributed by atoms with Crippen LogP contribution in [0.3, 0.4) is 0 Å². The largest absolute Gasteiger partial charge is 0.573 e. The molecule has 2 nitrogen and oxygen atoms in total. The Bertz CT molecular complexity index is 428. The molecule has 0 aliphatic rings. The van der Waals surface area contributed by atoms with Crippen molar-refractivity contribution in [1.29, 1.82) is 0 Å². The summed E-state index contributed by atoms with van der Waals surface area (Å²) in [4.78, 5) is 0. The van der Waals surface area contributed by atoms with Gasteiger partial charge in [-0.3, -0.25) is 0 Å².